The van der Waals surface area contributed by atoms with Gasteiger partial charge in [0.25, 0.3) is 5.56 Å². The highest BCUT2D eigenvalue weighted by Crippen LogP contribution is 2.51. The zero-order valence-corrected chi connectivity index (χ0v) is 15.4. The number of carbonyl (C=O) groups excluding carboxylic acids is 1. The van der Waals surface area contributed by atoms with Gasteiger partial charge in [-0.1, -0.05) is 30.7 Å². The Morgan fingerprint density at radius 3 is 2.58 bits per heavy atom. The smallest absolute Gasteiger partial charge is 0.328 e. The SMILES string of the molecule is CCn1cc(CNC(=O)NC2(c3ccc(Cl)cc3)CC2C)c(=O)[nH]c1=O. The average molecular weight is 377 g/mol. The van der Waals surface area contributed by atoms with Gasteiger partial charge in [-0.25, -0.2) is 9.59 Å². The van der Waals surface area contributed by atoms with E-state index in [-0.39, 0.29) is 12.6 Å². The molecule has 2 amide bonds. The molecule has 3 rings (SSSR count). The number of nitrogens with one attached hydrogen (secondary N) is 3. The van der Waals surface area contributed by atoms with Gasteiger partial charge < -0.3 is 15.2 Å². The molecule has 2 atom stereocenters. The van der Waals surface area contributed by atoms with Gasteiger partial charge in [0.1, 0.15) is 0 Å². The number of aromatic amines is 1. The van der Waals surface area contributed by atoms with Crippen LogP contribution < -0.4 is 21.9 Å². The standard InChI is InChI=1S/C18H21ClN4O3/c1-3-23-10-12(15(24)21-17(23)26)9-20-16(25)22-18(8-11(18)2)13-4-6-14(19)7-5-13/h4-7,10-11H,3,8-9H2,1-2H3,(H2,20,22,25)(H,21,24,26). The molecule has 0 aliphatic heterocycles. The topological polar surface area (TPSA) is 96.0 Å². The van der Waals surface area contributed by atoms with Crippen LogP contribution in [-0.2, 0) is 18.6 Å². The summed E-state index contributed by atoms with van der Waals surface area (Å²) in [5.74, 6) is 0.305. The second kappa shape index (κ2) is 6.99. The molecule has 1 aromatic carbocycles. The Kier molecular flexibility index (Phi) is 4.91. The fourth-order valence-corrected chi connectivity index (χ4v) is 3.28. The molecule has 1 saturated carbocycles. The van der Waals surface area contributed by atoms with Crippen molar-refractivity contribution < 1.29 is 4.79 Å². The van der Waals surface area contributed by atoms with Crippen molar-refractivity contribution in [1.29, 1.82) is 0 Å². The number of aromatic nitrogens is 2. The second-order valence-electron chi connectivity index (χ2n) is 6.59. The van der Waals surface area contributed by atoms with Gasteiger partial charge in [-0.15, -0.1) is 0 Å². The van der Waals surface area contributed by atoms with E-state index in [4.69, 9.17) is 11.6 Å². The highest BCUT2D eigenvalue weighted by Gasteiger charge is 2.53. The lowest BCUT2D eigenvalue weighted by Crippen LogP contribution is -2.44. The van der Waals surface area contributed by atoms with Crippen molar-refractivity contribution in [3.05, 3.63) is 67.4 Å². The molecule has 3 N–H and O–H groups in total. The first kappa shape index (κ1) is 18.3. The molecule has 1 aliphatic rings. The van der Waals surface area contributed by atoms with E-state index in [1.165, 1.54) is 10.8 Å². The van der Waals surface area contributed by atoms with Gasteiger partial charge in [-0.2, -0.15) is 0 Å². The van der Waals surface area contributed by atoms with Crippen LogP contribution >= 0.6 is 11.6 Å². The third-order valence-corrected chi connectivity index (χ3v) is 5.12. The number of aryl methyl sites for hydroxylation is 1. The van der Waals surface area contributed by atoms with Crippen LogP contribution in [0, 0.1) is 5.92 Å². The number of amides is 2. The minimum Gasteiger partial charge on any atom is -0.334 e. The van der Waals surface area contributed by atoms with Crippen molar-refractivity contribution in [3.63, 3.8) is 0 Å². The summed E-state index contributed by atoms with van der Waals surface area (Å²) in [4.78, 5) is 38.1. The number of urea groups is 1. The summed E-state index contributed by atoms with van der Waals surface area (Å²) in [5, 5.41) is 6.35. The zero-order chi connectivity index (χ0) is 18.9. The van der Waals surface area contributed by atoms with Crippen LogP contribution in [0.25, 0.3) is 0 Å². The number of rotatable bonds is 5. The molecule has 0 radical (unpaired) electrons. The van der Waals surface area contributed by atoms with E-state index in [1.807, 2.05) is 12.1 Å². The summed E-state index contributed by atoms with van der Waals surface area (Å²) < 4.78 is 1.38. The molecule has 8 heteroatoms. The number of H-pyrrole nitrogens is 1. The minimum absolute atomic E-state index is 0.0343. The number of benzene rings is 1. The molecule has 138 valence electrons. The lowest BCUT2D eigenvalue weighted by atomic mass is 10.0. The van der Waals surface area contributed by atoms with E-state index in [2.05, 4.69) is 22.5 Å². The van der Waals surface area contributed by atoms with Crippen LogP contribution in [-0.4, -0.2) is 15.6 Å². The Balaban J connectivity index is 1.69. The average Bonchev–Trinajstić information content (AvgIpc) is 3.25. The number of nitrogens with zero attached hydrogens (tertiary/aromatic N) is 1. The van der Waals surface area contributed by atoms with Gasteiger partial charge in [0.05, 0.1) is 17.6 Å². The van der Waals surface area contributed by atoms with Gasteiger partial charge in [0.2, 0.25) is 0 Å². The molecule has 2 unspecified atom stereocenters. The van der Waals surface area contributed by atoms with Gasteiger partial charge in [0.15, 0.2) is 0 Å². The quantitative estimate of drug-likeness (QED) is 0.744. The van der Waals surface area contributed by atoms with Crippen molar-refractivity contribution in [2.24, 2.45) is 5.92 Å². The number of hydrogen-bond donors (Lipinski definition) is 3. The maximum Gasteiger partial charge on any atom is 0.328 e. The largest absolute Gasteiger partial charge is 0.334 e. The Hall–Kier alpha value is -2.54. The van der Waals surface area contributed by atoms with Gasteiger partial charge in [-0.3, -0.25) is 9.78 Å². The molecule has 2 aromatic rings. The molecule has 0 spiro atoms. The van der Waals surface area contributed by atoms with Crippen molar-refractivity contribution in [3.8, 4) is 0 Å². The summed E-state index contributed by atoms with van der Waals surface area (Å²) in [7, 11) is 0. The maximum atomic E-state index is 12.4. The van der Waals surface area contributed by atoms with E-state index >= 15 is 0 Å². The van der Waals surface area contributed by atoms with E-state index in [1.54, 1.807) is 19.1 Å². The second-order valence-corrected chi connectivity index (χ2v) is 7.03. The van der Waals surface area contributed by atoms with Gasteiger partial charge in [-0.05, 0) is 37.0 Å². The zero-order valence-electron chi connectivity index (χ0n) is 14.6. The molecular formula is C18H21ClN4O3. The normalized spacial score (nSPS) is 21.3. The number of halogens is 1. The maximum absolute atomic E-state index is 12.4. The highest BCUT2D eigenvalue weighted by atomic mass is 35.5. The van der Waals surface area contributed by atoms with Crippen molar-refractivity contribution in [2.75, 3.05) is 0 Å². The van der Waals surface area contributed by atoms with Crippen LogP contribution in [0.5, 0.6) is 0 Å². The summed E-state index contributed by atoms with van der Waals surface area (Å²) in [6.45, 7) is 4.34. The minimum atomic E-state index is -0.493. The van der Waals surface area contributed by atoms with E-state index in [0.717, 1.165) is 12.0 Å². The fourth-order valence-electron chi connectivity index (χ4n) is 3.16. The summed E-state index contributed by atoms with van der Waals surface area (Å²) >= 11 is 5.94. The lowest BCUT2D eigenvalue weighted by molar-refractivity contribution is 0.234. The Labute approximate surface area is 155 Å². The van der Waals surface area contributed by atoms with Gasteiger partial charge in [0, 0.05) is 17.8 Å². The Bertz CT molecular complexity index is 935. The van der Waals surface area contributed by atoms with Crippen molar-refractivity contribution in [1.82, 2.24) is 20.2 Å². The third-order valence-electron chi connectivity index (χ3n) is 4.87. The Morgan fingerprint density at radius 1 is 1.35 bits per heavy atom. The predicted octanol–water partition coefficient (Wildman–Crippen LogP) is 1.94. The first-order chi connectivity index (χ1) is 12.4. The van der Waals surface area contributed by atoms with Crippen molar-refractivity contribution >= 4 is 17.6 Å². The summed E-state index contributed by atoms with van der Waals surface area (Å²) in [5.41, 5.74) is -0.0390. The van der Waals surface area contributed by atoms with E-state index in [9.17, 15) is 14.4 Å². The molecule has 1 fully saturated rings. The monoisotopic (exact) mass is 376 g/mol. The Morgan fingerprint density at radius 2 is 2.00 bits per heavy atom. The molecule has 1 aromatic heterocycles. The lowest BCUT2D eigenvalue weighted by Gasteiger charge is -2.20. The predicted molar refractivity (Wildman–Crippen MR) is 99.3 cm³/mol. The van der Waals surface area contributed by atoms with Crippen molar-refractivity contribution in [2.45, 2.75) is 38.9 Å². The fraction of sp³-hybridized carbons (Fsp3) is 0.389. The van der Waals surface area contributed by atoms with Crippen LogP contribution in [0.1, 0.15) is 31.4 Å². The molecule has 7 nitrogen and oxygen atoms in total. The molecule has 1 aliphatic carbocycles. The van der Waals surface area contributed by atoms with Crippen LogP contribution in [0.15, 0.2) is 40.1 Å². The van der Waals surface area contributed by atoms with E-state index < -0.39 is 16.8 Å². The highest BCUT2D eigenvalue weighted by molar-refractivity contribution is 6.30. The van der Waals surface area contributed by atoms with Crippen LogP contribution in [0.2, 0.25) is 5.02 Å². The molecule has 0 bridgehead atoms. The molecule has 1 heterocycles. The molecule has 0 saturated heterocycles. The third kappa shape index (κ3) is 3.53. The van der Waals surface area contributed by atoms with Crippen LogP contribution in [0.3, 0.4) is 0 Å². The molecular weight excluding hydrogens is 356 g/mol. The number of carbonyl (C=O) groups is 1. The molecule has 26 heavy (non-hydrogen) atoms. The number of hydrogen-bond acceptors (Lipinski definition) is 3. The first-order valence-corrected chi connectivity index (χ1v) is 8.88. The summed E-state index contributed by atoms with van der Waals surface area (Å²) in [6, 6.07) is 7.06. The van der Waals surface area contributed by atoms with Crippen LogP contribution in [0.4, 0.5) is 4.79 Å². The first-order valence-electron chi connectivity index (χ1n) is 8.50. The summed E-state index contributed by atoms with van der Waals surface area (Å²) in [6.07, 6.45) is 2.31. The van der Waals surface area contributed by atoms with E-state index in [0.29, 0.717) is 23.0 Å². The van der Waals surface area contributed by atoms with Gasteiger partial charge >= 0.3 is 11.7 Å².